The monoisotopic (exact) mass is 675 g/mol. The molecule has 0 atom stereocenters. The number of fused-ring (bicyclic) bond motifs is 4. The average molecular weight is 676 g/mol. The Hall–Kier alpha value is -6.24. The van der Waals surface area contributed by atoms with E-state index in [0.717, 1.165) is 40.1 Å². The minimum absolute atomic E-state index is 0.592. The number of nitrogens with zero attached hydrogens (tertiary/aromatic N) is 3. The summed E-state index contributed by atoms with van der Waals surface area (Å²) >= 11 is 0. The maximum Gasteiger partial charge on any atom is 0.0991 e. The van der Waals surface area contributed by atoms with Gasteiger partial charge in [-0.1, -0.05) is 150 Å². The Morgan fingerprint density at radius 1 is 0.712 bits per heavy atom. The largest absolute Gasteiger partial charge is 0.309 e. The molecule has 52 heavy (non-hydrogen) atoms. The zero-order chi connectivity index (χ0) is 36.6. The number of para-hydroxylation sites is 2. The topological polar surface area (TPSA) is 41.1 Å². The summed E-state index contributed by atoms with van der Waals surface area (Å²) in [5, 5.41) is 12.0. The van der Waals surface area contributed by atoms with Crippen LogP contribution in [0.2, 0.25) is 0 Å². The summed E-state index contributed by atoms with van der Waals surface area (Å²) in [7, 11) is 0. The molecule has 8 rings (SSSR count). The second kappa shape index (κ2) is 16.2. The Morgan fingerprint density at radius 3 is 1.98 bits per heavy atom. The Labute approximate surface area is 308 Å². The molecule has 6 aromatic carbocycles. The standard InChI is InChI=1S/C44H31N3.C3H8.C2H6/c1-29(32-14-4-3-5-15-32)40-27-35-18-12-22-37(43(35)44(40)46-30(2)33-16-10-13-31(25-33)28-45)34-17-11-19-36(26-34)47-41-23-8-6-20-38(41)39-21-7-9-24-42(39)47;1-3-2;1-2/h3-26H,2,27H2,1H3;3H2,1-2H3;1-2H3/b40-29+,46-44?;;. The van der Waals surface area contributed by atoms with Gasteiger partial charge in [-0.3, -0.25) is 0 Å². The first-order chi connectivity index (χ1) is 25.5. The minimum atomic E-state index is 0.592. The maximum absolute atomic E-state index is 9.54. The van der Waals surface area contributed by atoms with Gasteiger partial charge in [-0.2, -0.15) is 5.26 Å². The number of rotatable bonds is 5. The van der Waals surface area contributed by atoms with Crippen LogP contribution < -0.4 is 0 Å². The number of allylic oxidation sites excluding steroid dienone is 2. The van der Waals surface area contributed by atoms with Crippen LogP contribution in [0, 0.1) is 11.3 Å². The normalized spacial score (nSPS) is 13.4. The van der Waals surface area contributed by atoms with Crippen LogP contribution >= 0.6 is 0 Å². The summed E-state index contributed by atoms with van der Waals surface area (Å²) in [5.41, 5.74) is 14.7. The third-order valence-corrected chi connectivity index (χ3v) is 9.27. The van der Waals surface area contributed by atoms with Crippen LogP contribution in [0.1, 0.15) is 68.9 Å². The highest BCUT2D eigenvalue weighted by Crippen LogP contribution is 2.40. The molecule has 0 bridgehead atoms. The quantitative estimate of drug-likeness (QED) is 0.179. The average Bonchev–Trinajstić information content (AvgIpc) is 3.75. The summed E-state index contributed by atoms with van der Waals surface area (Å²) in [5.74, 6) is 0. The maximum atomic E-state index is 9.54. The van der Waals surface area contributed by atoms with Gasteiger partial charge in [-0.15, -0.1) is 0 Å². The zero-order valence-electron chi connectivity index (χ0n) is 30.8. The van der Waals surface area contributed by atoms with E-state index in [4.69, 9.17) is 4.99 Å². The molecule has 1 aromatic heterocycles. The fourth-order valence-corrected chi connectivity index (χ4v) is 6.97. The first-order valence-electron chi connectivity index (χ1n) is 18.3. The van der Waals surface area contributed by atoms with Crippen molar-refractivity contribution in [2.45, 2.75) is 47.5 Å². The molecular weight excluding hydrogens is 631 g/mol. The number of hydrogen-bond donors (Lipinski definition) is 0. The lowest BCUT2D eigenvalue weighted by Gasteiger charge is -2.14. The number of aliphatic imine (C=N–C) groups is 1. The van der Waals surface area contributed by atoms with E-state index < -0.39 is 0 Å². The summed E-state index contributed by atoms with van der Waals surface area (Å²) in [4.78, 5) is 5.28. The van der Waals surface area contributed by atoms with E-state index >= 15 is 0 Å². The number of hydrogen-bond acceptors (Lipinski definition) is 2. The zero-order valence-corrected chi connectivity index (χ0v) is 30.8. The molecule has 256 valence electrons. The molecule has 0 aliphatic heterocycles. The van der Waals surface area contributed by atoms with Crippen molar-refractivity contribution < 1.29 is 0 Å². The van der Waals surface area contributed by atoms with Gasteiger partial charge in [0.1, 0.15) is 0 Å². The van der Waals surface area contributed by atoms with Crippen LogP contribution in [-0.4, -0.2) is 10.3 Å². The summed E-state index contributed by atoms with van der Waals surface area (Å²) in [6, 6.07) is 52.9. The fraction of sp³-hybridized carbons (Fsp3) is 0.143. The molecule has 1 aliphatic rings. The molecule has 7 aromatic rings. The predicted molar refractivity (Wildman–Crippen MR) is 223 cm³/mol. The highest BCUT2D eigenvalue weighted by Gasteiger charge is 2.29. The smallest absolute Gasteiger partial charge is 0.0991 e. The fourth-order valence-electron chi connectivity index (χ4n) is 6.97. The van der Waals surface area contributed by atoms with Crippen molar-refractivity contribution in [2.75, 3.05) is 0 Å². The van der Waals surface area contributed by atoms with E-state index in [9.17, 15) is 5.26 Å². The lowest BCUT2D eigenvalue weighted by atomic mass is 9.94. The third-order valence-electron chi connectivity index (χ3n) is 9.27. The van der Waals surface area contributed by atoms with Crippen molar-refractivity contribution in [2.24, 2.45) is 4.99 Å². The number of nitriles is 1. The van der Waals surface area contributed by atoms with E-state index in [1.807, 2.05) is 44.2 Å². The first kappa shape index (κ1) is 35.6. The van der Waals surface area contributed by atoms with Gasteiger partial charge in [-0.05, 0) is 76.7 Å². The van der Waals surface area contributed by atoms with Gasteiger partial charge in [0.15, 0.2) is 0 Å². The summed E-state index contributed by atoms with van der Waals surface area (Å²) in [6.45, 7) is 14.8. The van der Waals surface area contributed by atoms with Crippen LogP contribution in [0.25, 0.3) is 49.9 Å². The number of benzene rings is 6. The molecule has 0 spiro atoms. The molecule has 0 radical (unpaired) electrons. The van der Waals surface area contributed by atoms with Crippen molar-refractivity contribution in [3.63, 3.8) is 0 Å². The van der Waals surface area contributed by atoms with Crippen LogP contribution in [0.3, 0.4) is 0 Å². The van der Waals surface area contributed by atoms with Gasteiger partial charge in [0.2, 0.25) is 0 Å². The van der Waals surface area contributed by atoms with Crippen molar-refractivity contribution in [1.82, 2.24) is 4.57 Å². The van der Waals surface area contributed by atoms with E-state index in [1.165, 1.54) is 50.5 Å². The molecule has 0 amide bonds. The molecule has 0 saturated carbocycles. The Balaban J connectivity index is 0.000000884. The van der Waals surface area contributed by atoms with E-state index in [-0.39, 0.29) is 0 Å². The van der Waals surface area contributed by atoms with E-state index in [2.05, 4.69) is 153 Å². The van der Waals surface area contributed by atoms with Crippen molar-refractivity contribution in [1.29, 1.82) is 5.26 Å². The molecule has 0 unspecified atom stereocenters. The van der Waals surface area contributed by atoms with Gasteiger partial charge in [-0.25, -0.2) is 4.99 Å². The highest BCUT2D eigenvalue weighted by atomic mass is 15.0. The molecule has 1 aliphatic carbocycles. The molecule has 0 N–H and O–H groups in total. The van der Waals surface area contributed by atoms with Gasteiger partial charge >= 0.3 is 0 Å². The van der Waals surface area contributed by atoms with E-state index in [1.54, 1.807) is 0 Å². The summed E-state index contributed by atoms with van der Waals surface area (Å²) in [6.07, 6.45) is 2.03. The summed E-state index contributed by atoms with van der Waals surface area (Å²) < 4.78 is 2.36. The van der Waals surface area contributed by atoms with Crippen LogP contribution in [0.15, 0.2) is 163 Å². The molecule has 3 heteroatoms. The second-order valence-corrected chi connectivity index (χ2v) is 12.7. The molecule has 1 heterocycles. The number of aromatic nitrogens is 1. The van der Waals surface area contributed by atoms with Gasteiger partial charge in [0.05, 0.1) is 34.1 Å². The second-order valence-electron chi connectivity index (χ2n) is 12.7. The lowest BCUT2D eigenvalue weighted by molar-refractivity contribution is 1.09. The Morgan fingerprint density at radius 2 is 1.31 bits per heavy atom. The third kappa shape index (κ3) is 6.89. The molecule has 0 fully saturated rings. The Bertz CT molecular complexity index is 2430. The van der Waals surface area contributed by atoms with Gasteiger partial charge < -0.3 is 4.57 Å². The SMILES string of the molecule is C=C(N=C1/C(=C(\C)c2ccccc2)Cc2cccc(-c3cccc(-n4c5ccccc5c5ccccc54)c3)c21)c1cccc(C#N)c1.CC.CCC. The van der Waals surface area contributed by atoms with Crippen LogP contribution in [0.5, 0.6) is 0 Å². The van der Waals surface area contributed by atoms with Crippen LogP contribution in [-0.2, 0) is 6.42 Å². The van der Waals surface area contributed by atoms with Crippen molar-refractivity contribution in [3.8, 4) is 22.9 Å². The molecule has 3 nitrogen and oxygen atoms in total. The van der Waals surface area contributed by atoms with Crippen molar-refractivity contribution >= 4 is 38.8 Å². The highest BCUT2D eigenvalue weighted by molar-refractivity contribution is 6.24. The van der Waals surface area contributed by atoms with Gasteiger partial charge in [0, 0.05) is 34.0 Å². The van der Waals surface area contributed by atoms with E-state index in [0.29, 0.717) is 11.3 Å². The first-order valence-corrected chi connectivity index (χ1v) is 18.3. The Kier molecular flexibility index (Phi) is 11.1. The van der Waals surface area contributed by atoms with Crippen molar-refractivity contribution in [3.05, 3.63) is 186 Å². The molecule has 0 saturated heterocycles. The van der Waals surface area contributed by atoms with Gasteiger partial charge in [0.25, 0.3) is 0 Å². The molecular formula is C49H45N3. The lowest BCUT2D eigenvalue weighted by Crippen LogP contribution is -2.04. The van der Waals surface area contributed by atoms with Crippen LogP contribution in [0.4, 0.5) is 0 Å². The predicted octanol–water partition coefficient (Wildman–Crippen LogP) is 13.3. The minimum Gasteiger partial charge on any atom is -0.309 e.